The van der Waals surface area contributed by atoms with Crippen molar-refractivity contribution < 1.29 is 9.90 Å². The van der Waals surface area contributed by atoms with Gasteiger partial charge < -0.3 is 5.11 Å². The first-order valence-electron chi connectivity index (χ1n) is 4.87. The maximum absolute atomic E-state index is 11.0. The second kappa shape index (κ2) is 4.07. The van der Waals surface area contributed by atoms with Gasteiger partial charge in [-0.3, -0.25) is 0 Å². The van der Waals surface area contributed by atoms with Gasteiger partial charge in [0, 0.05) is 10.6 Å². The molecule has 1 saturated carbocycles. The van der Waals surface area contributed by atoms with Crippen molar-refractivity contribution in [2.45, 2.75) is 12.8 Å². The predicted octanol–water partition coefficient (Wildman–Crippen LogP) is 3.22. The van der Waals surface area contributed by atoms with Crippen LogP contribution in [0.25, 0.3) is 6.08 Å². The average molecular weight is 223 g/mol. The molecule has 1 aliphatic carbocycles. The maximum Gasteiger partial charge on any atom is 0.331 e. The summed E-state index contributed by atoms with van der Waals surface area (Å²) in [7, 11) is 0. The topological polar surface area (TPSA) is 37.3 Å². The van der Waals surface area contributed by atoms with Crippen LogP contribution in [-0.2, 0) is 4.79 Å². The predicted molar refractivity (Wildman–Crippen MR) is 59.8 cm³/mol. The molecule has 1 aromatic rings. The molecule has 0 atom stereocenters. The van der Waals surface area contributed by atoms with Gasteiger partial charge in [-0.2, -0.15) is 0 Å². The van der Waals surface area contributed by atoms with Gasteiger partial charge >= 0.3 is 5.97 Å². The minimum atomic E-state index is -0.813. The Labute approximate surface area is 93.2 Å². The van der Waals surface area contributed by atoms with Crippen molar-refractivity contribution in [3.8, 4) is 0 Å². The molecule has 0 aliphatic heterocycles. The summed E-state index contributed by atoms with van der Waals surface area (Å²) in [6, 6.07) is 7.18. The van der Waals surface area contributed by atoms with Crippen LogP contribution in [0, 0.1) is 5.92 Å². The first kappa shape index (κ1) is 10.2. The third-order valence-corrected chi connectivity index (χ3v) is 2.71. The Kier molecular flexibility index (Phi) is 2.78. The molecule has 1 N–H and O–H groups in total. The highest BCUT2D eigenvalue weighted by molar-refractivity contribution is 6.30. The van der Waals surface area contributed by atoms with Gasteiger partial charge in [0.25, 0.3) is 0 Å². The van der Waals surface area contributed by atoms with E-state index in [4.69, 9.17) is 16.7 Å². The van der Waals surface area contributed by atoms with Crippen LogP contribution in [0.15, 0.2) is 29.8 Å². The number of benzene rings is 1. The maximum atomic E-state index is 11.0. The third-order valence-electron chi connectivity index (χ3n) is 2.46. The summed E-state index contributed by atoms with van der Waals surface area (Å²) in [5, 5.41) is 9.67. The van der Waals surface area contributed by atoms with Gasteiger partial charge in [-0.1, -0.05) is 23.7 Å². The number of rotatable bonds is 3. The molecule has 1 aromatic carbocycles. The molecule has 0 aromatic heterocycles. The Morgan fingerprint density at radius 1 is 1.33 bits per heavy atom. The van der Waals surface area contributed by atoms with Crippen LogP contribution in [0.2, 0.25) is 5.02 Å². The van der Waals surface area contributed by atoms with Crippen molar-refractivity contribution in [1.82, 2.24) is 0 Å². The molecule has 0 saturated heterocycles. The molecule has 2 nitrogen and oxygen atoms in total. The highest BCUT2D eigenvalue weighted by Crippen LogP contribution is 2.37. The fraction of sp³-hybridized carbons (Fsp3) is 0.250. The van der Waals surface area contributed by atoms with Gasteiger partial charge in [0.15, 0.2) is 0 Å². The molecule has 0 spiro atoms. The van der Waals surface area contributed by atoms with E-state index in [9.17, 15) is 4.79 Å². The number of hydrogen-bond acceptors (Lipinski definition) is 1. The van der Waals surface area contributed by atoms with Crippen LogP contribution in [-0.4, -0.2) is 11.1 Å². The Morgan fingerprint density at radius 2 is 1.93 bits per heavy atom. The Balaban J connectivity index is 2.26. The highest BCUT2D eigenvalue weighted by atomic mass is 35.5. The minimum absolute atomic E-state index is 0.248. The minimum Gasteiger partial charge on any atom is -0.478 e. The Bertz CT molecular complexity index is 402. The van der Waals surface area contributed by atoms with Crippen LogP contribution < -0.4 is 0 Å². The number of carboxylic acids is 1. The van der Waals surface area contributed by atoms with Crippen molar-refractivity contribution in [2.24, 2.45) is 5.92 Å². The van der Waals surface area contributed by atoms with E-state index in [0.717, 1.165) is 18.4 Å². The van der Waals surface area contributed by atoms with Crippen molar-refractivity contribution in [3.63, 3.8) is 0 Å². The summed E-state index contributed by atoms with van der Waals surface area (Å²) in [6.07, 6.45) is 3.72. The molecular weight excluding hydrogens is 212 g/mol. The summed E-state index contributed by atoms with van der Waals surface area (Å²) >= 11 is 5.75. The monoisotopic (exact) mass is 222 g/mol. The van der Waals surface area contributed by atoms with E-state index >= 15 is 0 Å². The molecular formula is C12H11ClO2. The molecule has 3 heteroatoms. The lowest BCUT2D eigenvalue weighted by Crippen LogP contribution is -2.01. The smallest absolute Gasteiger partial charge is 0.331 e. The van der Waals surface area contributed by atoms with Gasteiger partial charge in [-0.25, -0.2) is 4.79 Å². The van der Waals surface area contributed by atoms with Crippen LogP contribution in [0.1, 0.15) is 18.4 Å². The fourth-order valence-electron chi connectivity index (χ4n) is 1.49. The van der Waals surface area contributed by atoms with Crippen LogP contribution in [0.5, 0.6) is 0 Å². The van der Waals surface area contributed by atoms with Gasteiger partial charge in [-0.05, 0) is 42.5 Å². The first-order valence-corrected chi connectivity index (χ1v) is 5.25. The number of carbonyl (C=O) groups is 1. The van der Waals surface area contributed by atoms with E-state index in [2.05, 4.69) is 0 Å². The number of halogens is 1. The van der Waals surface area contributed by atoms with E-state index in [-0.39, 0.29) is 5.92 Å². The second-order valence-corrected chi connectivity index (χ2v) is 4.17. The molecule has 0 heterocycles. The largest absolute Gasteiger partial charge is 0.478 e. The molecule has 0 amide bonds. The van der Waals surface area contributed by atoms with Crippen molar-refractivity contribution >= 4 is 23.6 Å². The zero-order chi connectivity index (χ0) is 10.8. The lowest BCUT2D eigenvalue weighted by molar-refractivity contribution is -0.132. The van der Waals surface area contributed by atoms with E-state index in [1.807, 2.05) is 12.1 Å². The van der Waals surface area contributed by atoms with Crippen molar-refractivity contribution in [2.75, 3.05) is 0 Å². The molecule has 2 rings (SSSR count). The summed E-state index contributed by atoms with van der Waals surface area (Å²) in [5.74, 6) is -0.564. The SMILES string of the molecule is O=C(O)/C(=C\c1ccc(Cl)cc1)C1CC1. The molecule has 0 radical (unpaired) electrons. The molecule has 15 heavy (non-hydrogen) atoms. The van der Waals surface area contributed by atoms with Crippen LogP contribution >= 0.6 is 11.6 Å². The zero-order valence-corrected chi connectivity index (χ0v) is 8.87. The highest BCUT2D eigenvalue weighted by Gasteiger charge is 2.30. The lowest BCUT2D eigenvalue weighted by atomic mass is 10.1. The van der Waals surface area contributed by atoms with Crippen LogP contribution in [0.3, 0.4) is 0 Å². The van der Waals surface area contributed by atoms with Crippen LogP contribution in [0.4, 0.5) is 0 Å². The quantitative estimate of drug-likeness (QED) is 0.798. The fourth-order valence-corrected chi connectivity index (χ4v) is 1.61. The zero-order valence-electron chi connectivity index (χ0n) is 8.11. The average Bonchev–Trinajstić information content (AvgIpc) is 3.00. The van der Waals surface area contributed by atoms with Gasteiger partial charge in [0.1, 0.15) is 0 Å². The molecule has 0 unspecified atom stereocenters. The van der Waals surface area contributed by atoms with E-state index in [0.29, 0.717) is 10.6 Å². The van der Waals surface area contributed by atoms with E-state index in [1.54, 1.807) is 18.2 Å². The third kappa shape index (κ3) is 2.60. The summed E-state index contributed by atoms with van der Waals surface area (Å²) in [6.45, 7) is 0. The van der Waals surface area contributed by atoms with E-state index in [1.165, 1.54) is 0 Å². The normalized spacial score (nSPS) is 16.5. The molecule has 1 aliphatic rings. The standard InChI is InChI=1S/C12H11ClO2/c13-10-5-1-8(2-6-10)7-11(12(14)15)9-3-4-9/h1-2,5-7,9H,3-4H2,(H,14,15)/b11-7-. The first-order chi connectivity index (χ1) is 7.16. The Morgan fingerprint density at radius 3 is 2.40 bits per heavy atom. The molecule has 0 bridgehead atoms. The summed E-state index contributed by atoms with van der Waals surface area (Å²) in [5.41, 5.74) is 1.40. The van der Waals surface area contributed by atoms with Crippen molar-refractivity contribution in [1.29, 1.82) is 0 Å². The van der Waals surface area contributed by atoms with Gasteiger partial charge in [-0.15, -0.1) is 0 Å². The molecule has 78 valence electrons. The van der Waals surface area contributed by atoms with Gasteiger partial charge in [0.2, 0.25) is 0 Å². The molecule has 1 fully saturated rings. The number of carboxylic acid groups (broad SMARTS) is 1. The van der Waals surface area contributed by atoms with Gasteiger partial charge in [0.05, 0.1) is 0 Å². The summed E-state index contributed by atoms with van der Waals surface area (Å²) in [4.78, 5) is 11.0. The Hall–Kier alpha value is -1.28. The number of hydrogen-bond donors (Lipinski definition) is 1. The summed E-state index contributed by atoms with van der Waals surface area (Å²) < 4.78 is 0. The number of aliphatic carboxylic acids is 1. The second-order valence-electron chi connectivity index (χ2n) is 3.73. The van der Waals surface area contributed by atoms with E-state index < -0.39 is 5.97 Å². The lowest BCUT2D eigenvalue weighted by Gasteiger charge is -1.99. The van der Waals surface area contributed by atoms with Crippen molar-refractivity contribution in [3.05, 3.63) is 40.4 Å².